The minimum atomic E-state index is -1.00. The Bertz CT molecular complexity index is 1750. The van der Waals surface area contributed by atoms with Crippen LogP contribution < -0.4 is 15.9 Å². The molecule has 2 fully saturated rings. The van der Waals surface area contributed by atoms with Crippen LogP contribution >= 0.6 is 11.6 Å². The smallest absolute Gasteiger partial charge is 0.407 e. The number of piperazine rings is 1. The van der Waals surface area contributed by atoms with Crippen LogP contribution in [0.4, 0.5) is 9.59 Å². The summed E-state index contributed by atoms with van der Waals surface area (Å²) in [6.07, 6.45) is 0.149. The normalized spacial score (nSPS) is 17.0. The van der Waals surface area contributed by atoms with Gasteiger partial charge in [-0.2, -0.15) is 0 Å². The largest absolute Gasteiger partial charge is 0.465 e. The maximum atomic E-state index is 14.0. The number of hydrogen-bond donors (Lipinski definition) is 2. The van der Waals surface area contributed by atoms with E-state index in [-0.39, 0.29) is 47.5 Å². The van der Waals surface area contributed by atoms with Crippen molar-refractivity contribution in [3.8, 4) is 11.1 Å². The van der Waals surface area contributed by atoms with Crippen LogP contribution in [0.15, 0.2) is 71.5 Å². The van der Waals surface area contributed by atoms with Crippen LogP contribution in [0.2, 0.25) is 5.02 Å². The molecule has 1 saturated heterocycles. The minimum absolute atomic E-state index is 0.0792. The van der Waals surface area contributed by atoms with Crippen LogP contribution in [0.25, 0.3) is 22.0 Å². The number of carboxylic acid groups (broad SMARTS) is 1. The van der Waals surface area contributed by atoms with Gasteiger partial charge in [0.25, 0.3) is 5.56 Å². The molecule has 1 atom stereocenters. The maximum Gasteiger partial charge on any atom is 0.407 e. The average molecular weight is 600 g/mol. The quantitative estimate of drug-likeness (QED) is 0.321. The first-order chi connectivity index (χ1) is 20.9. The summed E-state index contributed by atoms with van der Waals surface area (Å²) in [4.78, 5) is 45.1. The SMILES string of the molecule is O=C(NC(c1nc2cccc(Cl)c2c(=O)n1N1CCN(C(=O)O)CC1)C1CC1)OCC1c2ccccc2-c2ccccc21. The van der Waals surface area contributed by atoms with Crippen molar-refractivity contribution in [1.29, 1.82) is 0 Å². The summed E-state index contributed by atoms with van der Waals surface area (Å²) >= 11 is 6.46. The minimum Gasteiger partial charge on any atom is -0.465 e. The van der Waals surface area contributed by atoms with E-state index in [0.717, 1.165) is 35.1 Å². The number of benzene rings is 3. The molecule has 1 aliphatic heterocycles. The molecule has 2 heterocycles. The van der Waals surface area contributed by atoms with E-state index < -0.39 is 18.2 Å². The lowest BCUT2D eigenvalue weighted by Gasteiger charge is -2.37. The van der Waals surface area contributed by atoms with Crippen molar-refractivity contribution in [2.75, 3.05) is 37.8 Å². The van der Waals surface area contributed by atoms with E-state index in [1.165, 1.54) is 9.58 Å². The molecular weight excluding hydrogens is 570 g/mol. The number of rotatable bonds is 6. The van der Waals surface area contributed by atoms with Crippen LogP contribution in [0, 0.1) is 5.92 Å². The Morgan fingerprint density at radius 2 is 1.60 bits per heavy atom. The number of alkyl carbamates (subject to hydrolysis) is 1. The molecular formula is C32H30ClN5O5. The Kier molecular flexibility index (Phi) is 6.93. The number of aromatic nitrogens is 2. The number of amides is 2. The molecule has 0 spiro atoms. The van der Waals surface area contributed by atoms with Gasteiger partial charge in [0.05, 0.1) is 35.1 Å². The fourth-order valence-electron chi connectivity index (χ4n) is 6.35. The highest BCUT2D eigenvalue weighted by Gasteiger charge is 2.39. The van der Waals surface area contributed by atoms with Gasteiger partial charge in [-0.3, -0.25) is 4.79 Å². The summed E-state index contributed by atoms with van der Waals surface area (Å²) in [5.74, 6) is 0.386. The fraction of sp³-hybridized carbons (Fsp3) is 0.312. The third kappa shape index (κ3) is 4.95. The highest BCUT2D eigenvalue weighted by atomic mass is 35.5. The van der Waals surface area contributed by atoms with Crippen molar-refractivity contribution in [3.05, 3.63) is 99.1 Å². The van der Waals surface area contributed by atoms with Crippen molar-refractivity contribution < 1.29 is 19.4 Å². The molecule has 0 radical (unpaired) electrons. The van der Waals surface area contributed by atoms with E-state index in [0.29, 0.717) is 24.4 Å². The highest BCUT2D eigenvalue weighted by Crippen LogP contribution is 2.45. The average Bonchev–Trinajstić information content (AvgIpc) is 3.81. The van der Waals surface area contributed by atoms with E-state index in [4.69, 9.17) is 21.3 Å². The van der Waals surface area contributed by atoms with Gasteiger partial charge in [-0.15, -0.1) is 0 Å². The number of fused-ring (bicyclic) bond motifs is 4. The number of nitrogens with one attached hydrogen (secondary N) is 1. The standard InChI is InChI=1S/C32H30ClN5O5/c33-25-10-5-11-26-27(25)30(39)38(37-16-14-36(15-17-37)32(41)42)29(34-26)28(19-12-13-19)35-31(40)43-18-24-22-8-3-1-6-20(22)21-7-2-4-9-23(21)24/h1-11,19,24,28H,12-18H2,(H,35,40)(H,41,42). The van der Waals surface area contributed by atoms with Crippen LogP contribution in [-0.4, -0.2) is 64.6 Å². The van der Waals surface area contributed by atoms with Gasteiger partial charge in [0.1, 0.15) is 6.61 Å². The molecule has 2 aliphatic carbocycles. The molecule has 43 heavy (non-hydrogen) atoms. The van der Waals surface area contributed by atoms with E-state index in [2.05, 4.69) is 29.6 Å². The lowest BCUT2D eigenvalue weighted by atomic mass is 9.98. The highest BCUT2D eigenvalue weighted by molar-refractivity contribution is 6.35. The van der Waals surface area contributed by atoms with Gasteiger partial charge in [0, 0.05) is 19.0 Å². The molecule has 10 nitrogen and oxygen atoms in total. The van der Waals surface area contributed by atoms with Crippen LogP contribution in [0.5, 0.6) is 0 Å². The number of halogens is 1. The number of carbonyl (C=O) groups excluding carboxylic acids is 1. The third-order valence-electron chi connectivity index (χ3n) is 8.65. The van der Waals surface area contributed by atoms with Gasteiger partial charge in [-0.1, -0.05) is 66.2 Å². The van der Waals surface area contributed by atoms with Gasteiger partial charge < -0.3 is 25.1 Å². The van der Waals surface area contributed by atoms with Crippen molar-refractivity contribution in [2.45, 2.75) is 24.8 Å². The Balaban J connectivity index is 1.18. The molecule has 2 amide bonds. The van der Waals surface area contributed by atoms with Crippen LogP contribution in [-0.2, 0) is 4.74 Å². The maximum absolute atomic E-state index is 14.0. The summed E-state index contributed by atoms with van der Waals surface area (Å²) in [5.41, 5.74) is 4.63. The van der Waals surface area contributed by atoms with Gasteiger partial charge >= 0.3 is 12.2 Å². The predicted molar refractivity (Wildman–Crippen MR) is 162 cm³/mol. The van der Waals surface area contributed by atoms with Gasteiger partial charge in [0.15, 0.2) is 5.82 Å². The molecule has 1 unspecified atom stereocenters. The molecule has 2 N–H and O–H groups in total. The molecule has 3 aromatic carbocycles. The van der Waals surface area contributed by atoms with Gasteiger partial charge in [-0.25, -0.2) is 19.2 Å². The molecule has 1 aromatic heterocycles. The van der Waals surface area contributed by atoms with Gasteiger partial charge in [-0.05, 0) is 53.1 Å². The Morgan fingerprint density at radius 3 is 2.23 bits per heavy atom. The summed E-state index contributed by atoms with van der Waals surface area (Å²) in [5, 5.41) is 14.8. The molecule has 4 aromatic rings. The second kappa shape index (κ2) is 10.9. The van der Waals surface area contributed by atoms with E-state index in [9.17, 15) is 19.5 Å². The fourth-order valence-corrected chi connectivity index (χ4v) is 6.60. The topological polar surface area (TPSA) is 117 Å². The van der Waals surface area contributed by atoms with E-state index >= 15 is 0 Å². The zero-order valence-corrected chi connectivity index (χ0v) is 24.0. The van der Waals surface area contributed by atoms with E-state index in [1.54, 1.807) is 23.2 Å². The Hall–Kier alpha value is -4.57. The first-order valence-electron chi connectivity index (χ1n) is 14.5. The molecule has 0 bridgehead atoms. The molecule has 7 rings (SSSR count). The van der Waals surface area contributed by atoms with Crippen LogP contribution in [0.1, 0.15) is 41.8 Å². The van der Waals surface area contributed by atoms with Crippen molar-refractivity contribution in [3.63, 3.8) is 0 Å². The molecule has 11 heteroatoms. The predicted octanol–water partition coefficient (Wildman–Crippen LogP) is 4.97. The number of nitrogens with zero attached hydrogens (tertiary/aromatic N) is 4. The monoisotopic (exact) mass is 599 g/mol. The molecule has 220 valence electrons. The second-order valence-electron chi connectivity index (χ2n) is 11.2. The summed E-state index contributed by atoms with van der Waals surface area (Å²) < 4.78 is 7.35. The Morgan fingerprint density at radius 1 is 0.953 bits per heavy atom. The lowest BCUT2D eigenvalue weighted by molar-refractivity contribution is 0.134. The second-order valence-corrected chi connectivity index (χ2v) is 11.6. The lowest BCUT2D eigenvalue weighted by Crippen LogP contribution is -2.56. The number of ether oxygens (including phenoxy) is 1. The van der Waals surface area contributed by atoms with E-state index in [1.807, 2.05) is 24.3 Å². The first-order valence-corrected chi connectivity index (χ1v) is 14.8. The summed E-state index contributed by atoms with van der Waals surface area (Å²) in [7, 11) is 0. The van der Waals surface area contributed by atoms with Crippen molar-refractivity contribution in [2.24, 2.45) is 5.92 Å². The summed E-state index contributed by atoms with van der Waals surface area (Å²) in [6.45, 7) is 1.21. The van der Waals surface area contributed by atoms with Crippen LogP contribution in [0.3, 0.4) is 0 Å². The first kappa shape index (κ1) is 27.3. The number of carbonyl (C=O) groups is 2. The van der Waals surface area contributed by atoms with Crippen molar-refractivity contribution >= 4 is 34.7 Å². The third-order valence-corrected chi connectivity index (χ3v) is 8.96. The number of hydrogen-bond acceptors (Lipinski definition) is 6. The molecule has 1 saturated carbocycles. The van der Waals surface area contributed by atoms with Crippen molar-refractivity contribution in [1.82, 2.24) is 19.9 Å². The zero-order valence-electron chi connectivity index (χ0n) is 23.3. The summed E-state index contributed by atoms with van der Waals surface area (Å²) in [6, 6.07) is 20.9. The Labute approximate surface area is 252 Å². The van der Waals surface area contributed by atoms with Gasteiger partial charge in [0.2, 0.25) is 0 Å². The zero-order chi connectivity index (χ0) is 29.7. The molecule has 3 aliphatic rings.